The molecule has 2 amide bonds. The Kier molecular flexibility index (Phi) is 5.02. The molecule has 16 heavy (non-hydrogen) atoms. The average Bonchev–Trinajstić information content (AvgIpc) is 2.16. The Morgan fingerprint density at radius 2 is 2.25 bits per heavy atom. The number of carbonyl (C=O) groups excluding carboxylic acids is 2. The quantitative estimate of drug-likeness (QED) is 0.708. The molecule has 1 heterocycles. The van der Waals surface area contributed by atoms with Crippen LogP contribution in [0.2, 0.25) is 0 Å². The first-order valence-corrected chi connectivity index (χ1v) is 5.53. The Bertz CT molecular complexity index is 269. The van der Waals surface area contributed by atoms with Crippen molar-refractivity contribution in [1.29, 1.82) is 0 Å². The first-order chi connectivity index (χ1) is 7.25. The number of amides is 2. The largest absolute Gasteiger partial charge is 0.352 e. The van der Waals surface area contributed by atoms with Crippen molar-refractivity contribution < 1.29 is 9.59 Å². The van der Waals surface area contributed by atoms with Crippen LogP contribution >= 0.6 is 12.4 Å². The molecular weight excluding hydrogens is 230 g/mol. The lowest BCUT2D eigenvalue weighted by Gasteiger charge is -2.30. The monoisotopic (exact) mass is 247 g/mol. The molecule has 0 aromatic carbocycles. The van der Waals surface area contributed by atoms with Crippen molar-refractivity contribution in [1.82, 2.24) is 15.5 Å². The van der Waals surface area contributed by atoms with Crippen LogP contribution in [0.1, 0.15) is 19.3 Å². The Labute approximate surface area is 101 Å². The molecule has 2 fully saturated rings. The summed E-state index contributed by atoms with van der Waals surface area (Å²) in [6.07, 6.45) is 3.37. The van der Waals surface area contributed by atoms with Crippen LogP contribution in [-0.4, -0.2) is 48.9 Å². The summed E-state index contributed by atoms with van der Waals surface area (Å²) in [5, 5.41) is 5.91. The molecule has 1 saturated carbocycles. The molecule has 6 heteroatoms. The first kappa shape index (κ1) is 13.3. The first-order valence-electron chi connectivity index (χ1n) is 5.53. The topological polar surface area (TPSA) is 61.4 Å². The van der Waals surface area contributed by atoms with E-state index in [1.54, 1.807) is 4.90 Å². The number of carbonyl (C=O) groups is 2. The molecule has 0 aromatic heterocycles. The molecule has 0 unspecified atom stereocenters. The van der Waals surface area contributed by atoms with E-state index in [9.17, 15) is 9.59 Å². The molecule has 0 bridgehead atoms. The van der Waals surface area contributed by atoms with E-state index in [-0.39, 0.29) is 30.8 Å². The average molecular weight is 248 g/mol. The van der Waals surface area contributed by atoms with E-state index in [2.05, 4.69) is 10.6 Å². The number of rotatable bonds is 3. The molecule has 1 saturated heterocycles. The van der Waals surface area contributed by atoms with E-state index < -0.39 is 0 Å². The number of halogens is 1. The highest BCUT2D eigenvalue weighted by molar-refractivity contribution is 5.86. The van der Waals surface area contributed by atoms with Crippen LogP contribution in [0.15, 0.2) is 0 Å². The highest BCUT2D eigenvalue weighted by Gasteiger charge is 2.23. The van der Waals surface area contributed by atoms with Gasteiger partial charge in [0.05, 0.1) is 13.1 Å². The van der Waals surface area contributed by atoms with Crippen molar-refractivity contribution in [2.75, 3.05) is 26.2 Å². The molecular formula is C10H18ClN3O2. The van der Waals surface area contributed by atoms with Crippen LogP contribution in [0, 0.1) is 0 Å². The predicted molar refractivity (Wildman–Crippen MR) is 62.5 cm³/mol. The molecule has 1 aliphatic carbocycles. The molecule has 2 aliphatic rings. The van der Waals surface area contributed by atoms with E-state index >= 15 is 0 Å². The van der Waals surface area contributed by atoms with Gasteiger partial charge in [0.2, 0.25) is 11.8 Å². The third-order valence-corrected chi connectivity index (χ3v) is 2.99. The molecule has 2 N–H and O–H groups in total. The van der Waals surface area contributed by atoms with Crippen molar-refractivity contribution in [3.63, 3.8) is 0 Å². The second-order valence-corrected chi connectivity index (χ2v) is 4.19. The van der Waals surface area contributed by atoms with Crippen molar-refractivity contribution in [2.45, 2.75) is 25.3 Å². The smallest absolute Gasteiger partial charge is 0.239 e. The zero-order chi connectivity index (χ0) is 10.7. The molecule has 0 radical (unpaired) electrons. The summed E-state index contributed by atoms with van der Waals surface area (Å²) in [6, 6.07) is 0.357. The van der Waals surface area contributed by atoms with E-state index in [4.69, 9.17) is 0 Å². The second-order valence-electron chi connectivity index (χ2n) is 4.19. The summed E-state index contributed by atoms with van der Waals surface area (Å²) < 4.78 is 0. The Morgan fingerprint density at radius 3 is 2.81 bits per heavy atom. The van der Waals surface area contributed by atoms with Crippen LogP contribution in [0.4, 0.5) is 0 Å². The van der Waals surface area contributed by atoms with Crippen molar-refractivity contribution in [2.24, 2.45) is 0 Å². The van der Waals surface area contributed by atoms with E-state index in [1.807, 2.05) is 0 Å². The fraction of sp³-hybridized carbons (Fsp3) is 0.800. The van der Waals surface area contributed by atoms with Crippen LogP contribution in [0.25, 0.3) is 0 Å². The number of hydrogen-bond donors (Lipinski definition) is 2. The van der Waals surface area contributed by atoms with Gasteiger partial charge >= 0.3 is 0 Å². The number of piperazine rings is 1. The van der Waals surface area contributed by atoms with Gasteiger partial charge in [0, 0.05) is 19.1 Å². The van der Waals surface area contributed by atoms with Gasteiger partial charge in [-0.1, -0.05) is 0 Å². The Hall–Kier alpha value is -0.810. The molecule has 2 rings (SSSR count). The summed E-state index contributed by atoms with van der Waals surface area (Å²) in [6.45, 7) is 1.99. The fourth-order valence-corrected chi connectivity index (χ4v) is 1.81. The van der Waals surface area contributed by atoms with Crippen molar-refractivity contribution in [3.8, 4) is 0 Å². The standard InChI is InChI=1S/C10H17N3O2.ClH/c14-9(12-8-2-1-3-8)7-13-5-4-11-6-10(13)15;/h8,11H,1-7H2,(H,12,14);1H. The summed E-state index contributed by atoms with van der Waals surface area (Å²) >= 11 is 0. The van der Waals surface area contributed by atoms with Crippen LogP contribution in [-0.2, 0) is 9.59 Å². The number of nitrogens with one attached hydrogen (secondary N) is 2. The minimum Gasteiger partial charge on any atom is -0.352 e. The zero-order valence-corrected chi connectivity index (χ0v) is 10.0. The highest BCUT2D eigenvalue weighted by Crippen LogP contribution is 2.17. The maximum absolute atomic E-state index is 11.5. The molecule has 0 spiro atoms. The minimum absolute atomic E-state index is 0. The van der Waals surface area contributed by atoms with Crippen LogP contribution in [0.3, 0.4) is 0 Å². The van der Waals surface area contributed by atoms with Crippen LogP contribution in [0.5, 0.6) is 0 Å². The van der Waals surface area contributed by atoms with Gasteiger partial charge in [0.1, 0.15) is 0 Å². The Morgan fingerprint density at radius 1 is 1.50 bits per heavy atom. The molecule has 0 aromatic rings. The maximum atomic E-state index is 11.5. The molecule has 5 nitrogen and oxygen atoms in total. The second kappa shape index (κ2) is 6.06. The number of nitrogens with zero attached hydrogens (tertiary/aromatic N) is 1. The van der Waals surface area contributed by atoms with Gasteiger partial charge in [-0.25, -0.2) is 0 Å². The van der Waals surface area contributed by atoms with E-state index in [1.165, 1.54) is 6.42 Å². The maximum Gasteiger partial charge on any atom is 0.239 e. The molecule has 92 valence electrons. The van der Waals surface area contributed by atoms with Gasteiger partial charge in [-0.3, -0.25) is 9.59 Å². The van der Waals surface area contributed by atoms with Crippen molar-refractivity contribution in [3.05, 3.63) is 0 Å². The van der Waals surface area contributed by atoms with Gasteiger partial charge in [-0.15, -0.1) is 12.4 Å². The van der Waals surface area contributed by atoms with E-state index in [0.29, 0.717) is 19.1 Å². The van der Waals surface area contributed by atoms with Gasteiger partial charge in [0.15, 0.2) is 0 Å². The SMILES string of the molecule is Cl.O=C(CN1CCNCC1=O)NC1CCC1. The lowest BCUT2D eigenvalue weighted by molar-refractivity contribution is -0.137. The lowest BCUT2D eigenvalue weighted by atomic mass is 9.93. The summed E-state index contributed by atoms with van der Waals surface area (Å²) in [7, 11) is 0. The van der Waals surface area contributed by atoms with E-state index in [0.717, 1.165) is 19.4 Å². The minimum atomic E-state index is -0.0186. The highest BCUT2D eigenvalue weighted by atomic mass is 35.5. The van der Waals surface area contributed by atoms with Gasteiger partial charge in [-0.05, 0) is 19.3 Å². The number of hydrogen-bond acceptors (Lipinski definition) is 3. The summed E-state index contributed by atoms with van der Waals surface area (Å²) in [4.78, 5) is 24.5. The summed E-state index contributed by atoms with van der Waals surface area (Å²) in [5.74, 6) is -0.0000376. The normalized spacial score (nSPS) is 21.0. The van der Waals surface area contributed by atoms with Gasteiger partial charge in [0.25, 0.3) is 0 Å². The van der Waals surface area contributed by atoms with Gasteiger partial charge < -0.3 is 15.5 Å². The third-order valence-electron chi connectivity index (χ3n) is 2.99. The third kappa shape index (κ3) is 3.35. The zero-order valence-electron chi connectivity index (χ0n) is 9.20. The lowest BCUT2D eigenvalue weighted by Crippen LogP contribution is -2.52. The predicted octanol–water partition coefficient (Wildman–Crippen LogP) is -0.491. The van der Waals surface area contributed by atoms with Crippen LogP contribution < -0.4 is 10.6 Å². The molecule has 0 atom stereocenters. The Balaban J connectivity index is 0.00000128. The van der Waals surface area contributed by atoms with Gasteiger partial charge in [-0.2, -0.15) is 0 Å². The summed E-state index contributed by atoms with van der Waals surface area (Å²) in [5.41, 5.74) is 0. The molecule has 1 aliphatic heterocycles. The fourth-order valence-electron chi connectivity index (χ4n) is 1.81. The van der Waals surface area contributed by atoms with Crippen molar-refractivity contribution >= 4 is 24.2 Å².